The molecule has 0 saturated carbocycles. The van der Waals surface area contributed by atoms with Crippen LogP contribution in [0.4, 0.5) is 0 Å². The molecule has 130 valence electrons. The van der Waals surface area contributed by atoms with Gasteiger partial charge < -0.3 is 29.0 Å². The van der Waals surface area contributed by atoms with Crippen LogP contribution in [0.5, 0.6) is 11.5 Å². The molecular weight excluding hydrogens is 326 g/mol. The zero-order valence-electron chi connectivity index (χ0n) is 13.5. The SMILES string of the molecule is C[C@H](c1ccc2c(c1)OCO2)N1C[C@@]23C=C[C@@H](O2)[C@H](C(=O)[O-])[C@@H]3C1=O. The maximum Gasteiger partial charge on any atom is 0.231 e. The van der Waals surface area contributed by atoms with Gasteiger partial charge in [0.05, 0.1) is 24.6 Å². The molecular formula is C18H16NO6-. The fourth-order valence-electron chi connectivity index (χ4n) is 4.48. The number of carboxylic acids is 1. The minimum atomic E-state index is -1.23. The van der Waals surface area contributed by atoms with Gasteiger partial charge in [-0.15, -0.1) is 0 Å². The lowest BCUT2D eigenvalue weighted by molar-refractivity contribution is -0.313. The molecule has 2 fully saturated rings. The number of rotatable bonds is 3. The van der Waals surface area contributed by atoms with Crippen LogP contribution in [-0.2, 0) is 14.3 Å². The Labute approximate surface area is 143 Å². The molecule has 5 rings (SSSR count). The summed E-state index contributed by atoms with van der Waals surface area (Å²) in [4.78, 5) is 26.2. The van der Waals surface area contributed by atoms with Crippen molar-refractivity contribution in [3.8, 4) is 11.5 Å². The largest absolute Gasteiger partial charge is 0.550 e. The van der Waals surface area contributed by atoms with Crippen LogP contribution >= 0.6 is 0 Å². The van der Waals surface area contributed by atoms with E-state index in [-0.39, 0.29) is 18.7 Å². The molecule has 1 spiro atoms. The number of nitrogens with zero attached hydrogens (tertiary/aromatic N) is 1. The second-order valence-corrected chi connectivity index (χ2v) is 6.97. The summed E-state index contributed by atoms with van der Waals surface area (Å²) in [7, 11) is 0. The number of amides is 1. The van der Waals surface area contributed by atoms with Crippen molar-refractivity contribution in [2.24, 2.45) is 11.8 Å². The molecule has 0 aliphatic carbocycles. The zero-order valence-corrected chi connectivity index (χ0v) is 13.5. The molecule has 7 nitrogen and oxygen atoms in total. The maximum absolute atomic E-state index is 13.0. The highest BCUT2D eigenvalue weighted by atomic mass is 16.7. The molecule has 1 aromatic rings. The number of hydrogen-bond acceptors (Lipinski definition) is 6. The van der Waals surface area contributed by atoms with E-state index in [9.17, 15) is 14.7 Å². The van der Waals surface area contributed by atoms with Crippen LogP contribution in [0.1, 0.15) is 18.5 Å². The van der Waals surface area contributed by atoms with Gasteiger partial charge in [-0.05, 0) is 24.6 Å². The van der Waals surface area contributed by atoms with E-state index in [0.29, 0.717) is 18.0 Å². The van der Waals surface area contributed by atoms with Crippen molar-refractivity contribution in [1.29, 1.82) is 0 Å². The highest BCUT2D eigenvalue weighted by Crippen LogP contribution is 2.53. The Hall–Kier alpha value is -2.54. The van der Waals surface area contributed by atoms with E-state index in [1.54, 1.807) is 11.0 Å². The molecule has 1 amide bonds. The first-order valence-corrected chi connectivity index (χ1v) is 8.28. The number of aliphatic carboxylic acids is 1. The predicted molar refractivity (Wildman–Crippen MR) is 81.4 cm³/mol. The van der Waals surface area contributed by atoms with E-state index in [2.05, 4.69) is 0 Å². The highest BCUT2D eigenvalue weighted by molar-refractivity contribution is 5.90. The van der Waals surface area contributed by atoms with Crippen molar-refractivity contribution in [3.63, 3.8) is 0 Å². The van der Waals surface area contributed by atoms with E-state index < -0.39 is 29.5 Å². The Balaban J connectivity index is 1.47. The third-order valence-corrected chi connectivity index (χ3v) is 5.75. The van der Waals surface area contributed by atoms with Gasteiger partial charge in [-0.2, -0.15) is 0 Å². The van der Waals surface area contributed by atoms with Crippen LogP contribution in [0.15, 0.2) is 30.4 Å². The third-order valence-electron chi connectivity index (χ3n) is 5.75. The van der Waals surface area contributed by atoms with Gasteiger partial charge in [-0.3, -0.25) is 4.79 Å². The van der Waals surface area contributed by atoms with Crippen molar-refractivity contribution in [1.82, 2.24) is 4.90 Å². The topological polar surface area (TPSA) is 88.1 Å². The molecule has 4 heterocycles. The second-order valence-electron chi connectivity index (χ2n) is 6.97. The quantitative estimate of drug-likeness (QED) is 0.719. The van der Waals surface area contributed by atoms with Crippen molar-refractivity contribution < 1.29 is 28.9 Å². The summed E-state index contributed by atoms with van der Waals surface area (Å²) >= 11 is 0. The fraction of sp³-hybridized carbons (Fsp3) is 0.444. The van der Waals surface area contributed by atoms with Gasteiger partial charge >= 0.3 is 0 Å². The van der Waals surface area contributed by atoms with Gasteiger partial charge in [0, 0.05) is 11.9 Å². The Morgan fingerprint density at radius 1 is 1.36 bits per heavy atom. The fourth-order valence-corrected chi connectivity index (χ4v) is 4.48. The van der Waals surface area contributed by atoms with Crippen molar-refractivity contribution >= 4 is 11.9 Å². The van der Waals surface area contributed by atoms with E-state index in [4.69, 9.17) is 14.2 Å². The molecule has 4 aliphatic heterocycles. The maximum atomic E-state index is 13.0. The first kappa shape index (κ1) is 14.8. The molecule has 7 heteroatoms. The van der Waals surface area contributed by atoms with Crippen LogP contribution in [0, 0.1) is 11.8 Å². The second kappa shape index (κ2) is 4.76. The minimum Gasteiger partial charge on any atom is -0.550 e. The molecule has 25 heavy (non-hydrogen) atoms. The Morgan fingerprint density at radius 2 is 2.16 bits per heavy atom. The van der Waals surface area contributed by atoms with E-state index >= 15 is 0 Å². The van der Waals surface area contributed by atoms with Crippen LogP contribution in [0.25, 0.3) is 0 Å². The molecule has 1 aromatic carbocycles. The van der Waals surface area contributed by atoms with Crippen molar-refractivity contribution in [2.75, 3.05) is 13.3 Å². The molecule has 4 aliphatic rings. The van der Waals surface area contributed by atoms with Gasteiger partial charge in [0.25, 0.3) is 0 Å². The predicted octanol–water partition coefficient (Wildman–Crippen LogP) is 0.00820. The minimum absolute atomic E-state index is 0.189. The molecule has 0 N–H and O–H groups in total. The summed E-state index contributed by atoms with van der Waals surface area (Å²) in [6, 6.07) is 5.33. The molecule has 0 radical (unpaired) electrons. The zero-order chi connectivity index (χ0) is 17.3. The Morgan fingerprint density at radius 3 is 2.96 bits per heavy atom. The lowest BCUT2D eigenvalue weighted by Crippen LogP contribution is -2.45. The smallest absolute Gasteiger partial charge is 0.231 e. The average Bonchev–Trinajstić information content (AvgIpc) is 3.33. The van der Waals surface area contributed by atoms with Crippen molar-refractivity contribution in [2.45, 2.75) is 24.7 Å². The van der Waals surface area contributed by atoms with Gasteiger partial charge in [0.15, 0.2) is 11.5 Å². The van der Waals surface area contributed by atoms with Crippen molar-refractivity contribution in [3.05, 3.63) is 35.9 Å². The van der Waals surface area contributed by atoms with Gasteiger partial charge in [0.1, 0.15) is 5.60 Å². The lowest BCUT2D eigenvalue weighted by Gasteiger charge is -2.28. The molecule has 2 bridgehead atoms. The number of benzene rings is 1. The first-order chi connectivity index (χ1) is 12.0. The summed E-state index contributed by atoms with van der Waals surface area (Å²) in [5, 5.41) is 11.5. The standard InChI is InChI=1S/C18H17NO6/c1-9(10-2-3-11-13(6-10)24-8-23-11)19-7-18-5-4-12(25-18)14(17(21)22)15(18)16(19)20/h2-6,9,12,14-15H,7-8H2,1H3,(H,21,22)/p-1/t9-,12-,14+,15-,18-/m1/s1. The number of hydrogen-bond donors (Lipinski definition) is 0. The number of carbonyl (C=O) groups excluding carboxylic acids is 2. The van der Waals surface area contributed by atoms with Crippen LogP contribution in [-0.4, -0.2) is 41.8 Å². The normalized spacial score (nSPS) is 35.3. The van der Waals surface area contributed by atoms with Gasteiger partial charge in [0.2, 0.25) is 12.7 Å². The van der Waals surface area contributed by atoms with Gasteiger partial charge in [-0.25, -0.2) is 0 Å². The number of fused-ring (bicyclic) bond motifs is 2. The van der Waals surface area contributed by atoms with Gasteiger partial charge in [-0.1, -0.05) is 18.2 Å². The average molecular weight is 342 g/mol. The van der Waals surface area contributed by atoms with E-state index in [1.807, 2.05) is 31.2 Å². The van der Waals surface area contributed by atoms with E-state index in [1.165, 1.54) is 0 Å². The van der Waals surface area contributed by atoms with Crippen LogP contribution in [0.2, 0.25) is 0 Å². The lowest BCUT2D eigenvalue weighted by atomic mass is 9.77. The number of ether oxygens (including phenoxy) is 3. The molecule has 2 saturated heterocycles. The first-order valence-electron chi connectivity index (χ1n) is 8.28. The van der Waals surface area contributed by atoms with E-state index in [0.717, 1.165) is 5.56 Å². The summed E-state index contributed by atoms with van der Waals surface area (Å²) in [6.45, 7) is 2.44. The number of carbonyl (C=O) groups is 2. The summed E-state index contributed by atoms with van der Waals surface area (Å²) in [5.41, 5.74) is 0.0503. The summed E-state index contributed by atoms with van der Waals surface area (Å²) < 4.78 is 16.6. The Kier molecular flexibility index (Phi) is 2.81. The third kappa shape index (κ3) is 1.84. The Bertz CT molecular complexity index is 820. The molecule has 0 aromatic heterocycles. The molecule has 0 unspecified atom stereocenters. The molecule has 5 atom stereocenters. The monoisotopic (exact) mass is 342 g/mol. The number of likely N-dealkylation sites (tertiary alicyclic amines) is 1. The number of carboxylic acid groups (broad SMARTS) is 1. The highest BCUT2D eigenvalue weighted by Gasteiger charge is 2.65. The summed E-state index contributed by atoms with van der Waals surface area (Å²) in [5.74, 6) is -1.74. The summed E-state index contributed by atoms with van der Waals surface area (Å²) in [6.07, 6.45) is 3.01. The van der Waals surface area contributed by atoms with Crippen LogP contribution in [0.3, 0.4) is 0 Å². The van der Waals surface area contributed by atoms with Crippen LogP contribution < -0.4 is 14.6 Å².